The van der Waals surface area contributed by atoms with Crippen molar-refractivity contribution in [3.63, 3.8) is 0 Å². The van der Waals surface area contributed by atoms with Crippen molar-refractivity contribution < 1.29 is 14.5 Å². The minimum absolute atomic E-state index is 0.0405. The summed E-state index contributed by atoms with van der Waals surface area (Å²) in [4.78, 5) is 0. The van der Waals surface area contributed by atoms with Crippen LogP contribution >= 0.6 is 47.0 Å². The van der Waals surface area contributed by atoms with Crippen LogP contribution in [0.3, 0.4) is 0 Å². The molecule has 0 aliphatic carbocycles. The maximum Gasteiger partial charge on any atom is 0.328 e. The minimum atomic E-state index is 0.0405. The van der Waals surface area contributed by atoms with Crippen LogP contribution in [-0.4, -0.2) is 24.8 Å². The van der Waals surface area contributed by atoms with Crippen LogP contribution in [0.5, 0.6) is 11.5 Å². The Kier molecular flexibility index (Phi) is 6.38. The van der Waals surface area contributed by atoms with E-state index in [1.54, 1.807) is 24.3 Å². The number of nitrogens with one attached hydrogen (secondary N) is 1. The van der Waals surface area contributed by atoms with Gasteiger partial charge in [-0.1, -0.05) is 34.8 Å². The second-order valence-corrected chi connectivity index (χ2v) is 5.91. The zero-order valence-electron chi connectivity index (χ0n) is 11.8. The summed E-state index contributed by atoms with van der Waals surface area (Å²) in [5.74, 6) is 0.835. The van der Waals surface area contributed by atoms with Gasteiger partial charge in [0.05, 0.1) is 17.8 Å². The quantitative estimate of drug-likeness (QED) is 0.617. The Morgan fingerprint density at radius 1 is 1.13 bits per heavy atom. The molecule has 0 saturated heterocycles. The summed E-state index contributed by atoms with van der Waals surface area (Å²) in [5, 5.41) is 13.1. The number of methoxy groups -OCH3 is 1. The number of thiocarbonyl (C=S) groups is 1. The molecule has 0 aliphatic heterocycles. The molecule has 0 atom stereocenters. The van der Waals surface area contributed by atoms with Gasteiger partial charge in [0.1, 0.15) is 0 Å². The second kappa shape index (κ2) is 8.08. The molecule has 2 aromatic carbocycles. The number of hydrogen-bond acceptors (Lipinski definition) is 4. The molecular formula is C14H10BCl3NO3S. The van der Waals surface area contributed by atoms with Crippen molar-refractivity contribution in [2.45, 2.75) is 0 Å². The van der Waals surface area contributed by atoms with Crippen LogP contribution in [0.25, 0.3) is 0 Å². The Hall–Kier alpha value is -1.18. The molecule has 0 spiro atoms. The van der Waals surface area contributed by atoms with Crippen LogP contribution in [-0.2, 0) is 0 Å². The molecule has 0 aliphatic rings. The Labute approximate surface area is 154 Å². The van der Waals surface area contributed by atoms with Gasteiger partial charge in [-0.05, 0) is 41.9 Å². The van der Waals surface area contributed by atoms with E-state index in [4.69, 9.17) is 61.5 Å². The summed E-state index contributed by atoms with van der Waals surface area (Å²) in [5.41, 5.74) is 0.833. The molecule has 0 bridgehead atoms. The summed E-state index contributed by atoms with van der Waals surface area (Å²) >= 11 is 23.0. The number of rotatable bonds is 4. The first-order chi connectivity index (χ1) is 10.9. The van der Waals surface area contributed by atoms with E-state index in [0.717, 1.165) is 7.48 Å². The van der Waals surface area contributed by atoms with E-state index in [2.05, 4.69) is 5.32 Å². The van der Waals surface area contributed by atoms with E-state index in [1.165, 1.54) is 13.2 Å². The monoisotopic (exact) mass is 388 g/mol. The zero-order chi connectivity index (χ0) is 17.0. The summed E-state index contributed by atoms with van der Waals surface area (Å²) in [7, 11) is 2.37. The molecule has 0 fully saturated rings. The molecule has 23 heavy (non-hydrogen) atoms. The van der Waals surface area contributed by atoms with Crippen LogP contribution in [0, 0.1) is 0 Å². The SMILES string of the molecule is COc1cc(Cl)ccc1OC(=S)Nc1cc([B]O)c(Cl)cc1Cl. The van der Waals surface area contributed by atoms with Gasteiger partial charge >= 0.3 is 7.48 Å². The first-order valence-electron chi connectivity index (χ1n) is 6.23. The smallest absolute Gasteiger partial charge is 0.328 e. The van der Waals surface area contributed by atoms with Crippen molar-refractivity contribution in [2.75, 3.05) is 12.4 Å². The third kappa shape index (κ3) is 4.65. The van der Waals surface area contributed by atoms with Gasteiger partial charge in [-0.15, -0.1) is 0 Å². The van der Waals surface area contributed by atoms with Crippen molar-refractivity contribution in [1.29, 1.82) is 0 Å². The Bertz CT molecular complexity index is 745. The normalized spacial score (nSPS) is 10.1. The number of halogens is 3. The molecule has 0 saturated carbocycles. The molecular weight excluding hydrogens is 379 g/mol. The predicted molar refractivity (Wildman–Crippen MR) is 98.9 cm³/mol. The molecule has 119 valence electrons. The van der Waals surface area contributed by atoms with Crippen LogP contribution in [0.2, 0.25) is 15.1 Å². The average Bonchev–Trinajstić information content (AvgIpc) is 2.51. The standard InChI is InChI=1S/C14H10BCl3NO3S/c1-21-13-4-7(16)2-3-12(13)22-14(23)19-11-5-8(15-20)9(17)6-10(11)18/h2-6,20H,1H3,(H,19,23). The van der Waals surface area contributed by atoms with Crippen molar-refractivity contribution in [1.82, 2.24) is 0 Å². The van der Waals surface area contributed by atoms with Gasteiger partial charge < -0.3 is 19.8 Å². The summed E-state index contributed by atoms with van der Waals surface area (Å²) in [6.45, 7) is 0. The fourth-order valence-electron chi connectivity index (χ4n) is 1.72. The molecule has 0 unspecified atom stereocenters. The molecule has 2 rings (SSSR count). The molecule has 9 heteroatoms. The van der Waals surface area contributed by atoms with Crippen molar-refractivity contribution >= 4 is 70.8 Å². The van der Waals surface area contributed by atoms with E-state index in [-0.39, 0.29) is 5.17 Å². The maximum atomic E-state index is 9.12. The zero-order valence-corrected chi connectivity index (χ0v) is 14.9. The number of ether oxygens (including phenoxy) is 2. The van der Waals surface area contributed by atoms with Crippen molar-refractivity contribution in [2.24, 2.45) is 0 Å². The highest BCUT2D eigenvalue weighted by Gasteiger charge is 2.12. The summed E-state index contributed by atoms with van der Waals surface area (Å²) < 4.78 is 10.7. The van der Waals surface area contributed by atoms with Crippen molar-refractivity contribution in [3.05, 3.63) is 45.4 Å². The number of benzene rings is 2. The summed E-state index contributed by atoms with van der Waals surface area (Å²) in [6, 6.07) is 7.91. The highest BCUT2D eigenvalue weighted by atomic mass is 35.5. The van der Waals surface area contributed by atoms with Crippen molar-refractivity contribution in [3.8, 4) is 11.5 Å². The largest absolute Gasteiger partial charge is 0.493 e. The van der Waals surface area contributed by atoms with E-state index < -0.39 is 0 Å². The Morgan fingerprint density at radius 2 is 1.87 bits per heavy atom. The highest BCUT2D eigenvalue weighted by Crippen LogP contribution is 2.31. The van der Waals surface area contributed by atoms with Gasteiger partial charge in [0.25, 0.3) is 5.17 Å². The third-order valence-electron chi connectivity index (χ3n) is 2.79. The lowest BCUT2D eigenvalue weighted by molar-refractivity contribution is 0.392. The molecule has 0 amide bonds. The predicted octanol–water partition coefficient (Wildman–Crippen LogP) is 3.67. The first-order valence-corrected chi connectivity index (χ1v) is 7.77. The van der Waals surface area contributed by atoms with Gasteiger partial charge in [-0.25, -0.2) is 0 Å². The fourth-order valence-corrected chi connectivity index (χ4v) is 2.56. The van der Waals surface area contributed by atoms with Gasteiger partial charge in [0, 0.05) is 16.1 Å². The molecule has 1 radical (unpaired) electrons. The molecule has 0 heterocycles. The first kappa shape index (κ1) is 18.2. The second-order valence-electron chi connectivity index (χ2n) is 4.29. The van der Waals surface area contributed by atoms with Crippen LogP contribution in [0.1, 0.15) is 0 Å². The lowest BCUT2D eigenvalue weighted by Crippen LogP contribution is -2.20. The van der Waals surface area contributed by atoms with Gasteiger partial charge in [0.2, 0.25) is 0 Å². The van der Waals surface area contributed by atoms with E-state index in [1.807, 2.05) is 0 Å². The number of hydrogen-bond donors (Lipinski definition) is 2. The fraction of sp³-hybridized carbons (Fsp3) is 0.0714. The minimum Gasteiger partial charge on any atom is -0.493 e. The lowest BCUT2D eigenvalue weighted by Gasteiger charge is -2.14. The van der Waals surface area contributed by atoms with Crippen LogP contribution in [0.15, 0.2) is 30.3 Å². The van der Waals surface area contributed by atoms with Crippen LogP contribution < -0.4 is 20.3 Å². The van der Waals surface area contributed by atoms with Gasteiger partial charge in [-0.2, -0.15) is 0 Å². The Balaban J connectivity index is 2.17. The van der Waals surface area contributed by atoms with Crippen LogP contribution in [0.4, 0.5) is 5.69 Å². The van der Waals surface area contributed by atoms with Gasteiger partial charge in [-0.3, -0.25) is 0 Å². The summed E-state index contributed by atoms with van der Waals surface area (Å²) in [6.07, 6.45) is 0. The topological polar surface area (TPSA) is 50.7 Å². The molecule has 2 N–H and O–H groups in total. The van der Waals surface area contributed by atoms with Gasteiger partial charge in [0.15, 0.2) is 11.5 Å². The maximum absolute atomic E-state index is 9.12. The van der Waals surface area contributed by atoms with E-state index >= 15 is 0 Å². The van der Waals surface area contributed by atoms with E-state index in [9.17, 15) is 0 Å². The molecule has 2 aromatic rings. The highest BCUT2D eigenvalue weighted by molar-refractivity contribution is 7.80. The molecule has 4 nitrogen and oxygen atoms in total. The average molecular weight is 389 g/mol. The third-order valence-corrected chi connectivity index (χ3v) is 3.85. The lowest BCUT2D eigenvalue weighted by atomic mass is 9.88. The molecule has 0 aromatic heterocycles. The van der Waals surface area contributed by atoms with E-state index in [0.29, 0.717) is 37.7 Å². The number of anilines is 1. The Morgan fingerprint density at radius 3 is 2.52 bits per heavy atom.